The van der Waals surface area contributed by atoms with Crippen LogP contribution in [0.25, 0.3) is 0 Å². The van der Waals surface area contributed by atoms with E-state index in [1.165, 1.54) is 0 Å². The minimum absolute atomic E-state index is 0.239. The summed E-state index contributed by atoms with van der Waals surface area (Å²) in [5.74, 6) is 0. The summed E-state index contributed by atoms with van der Waals surface area (Å²) in [7, 11) is 0. The maximum absolute atomic E-state index is 8.89. The molecule has 0 saturated heterocycles. The van der Waals surface area contributed by atoms with Crippen molar-refractivity contribution in [3.8, 4) is 18.2 Å². The molecule has 1 unspecified atom stereocenters. The lowest BCUT2D eigenvalue weighted by Gasteiger charge is -2.31. The molecular formula is C10H7N3. The van der Waals surface area contributed by atoms with Crippen molar-refractivity contribution in [2.75, 3.05) is 0 Å². The number of nitrogens with zero attached hydrogens (tertiary/aromatic N) is 3. The Bertz CT molecular complexity index is 409. The van der Waals surface area contributed by atoms with Crippen molar-refractivity contribution in [3.63, 3.8) is 0 Å². The van der Waals surface area contributed by atoms with Crippen molar-refractivity contribution in [2.45, 2.75) is 13.3 Å². The van der Waals surface area contributed by atoms with E-state index in [1.807, 2.05) is 13.0 Å². The summed E-state index contributed by atoms with van der Waals surface area (Å²) in [5, 5.41) is 26.0. The third-order valence-corrected chi connectivity index (χ3v) is 2.06. The first-order valence-electron chi connectivity index (χ1n) is 3.78. The molecule has 0 fully saturated rings. The lowest BCUT2D eigenvalue weighted by atomic mass is 9.68. The third kappa shape index (κ3) is 1.31. The SMILES string of the molecule is CC1=CC(C#N)(C(C#N)=CC#N)C1. The Balaban J connectivity index is 3.10. The van der Waals surface area contributed by atoms with Gasteiger partial charge in [-0.1, -0.05) is 11.6 Å². The normalized spacial score (nSPS) is 26.0. The van der Waals surface area contributed by atoms with Crippen LogP contribution >= 0.6 is 0 Å². The van der Waals surface area contributed by atoms with Crippen molar-refractivity contribution in [3.05, 3.63) is 23.3 Å². The second kappa shape index (κ2) is 3.13. The maximum atomic E-state index is 8.89. The van der Waals surface area contributed by atoms with Crippen LogP contribution in [0.5, 0.6) is 0 Å². The van der Waals surface area contributed by atoms with Gasteiger partial charge in [-0.3, -0.25) is 0 Å². The van der Waals surface area contributed by atoms with Crippen LogP contribution in [0.2, 0.25) is 0 Å². The van der Waals surface area contributed by atoms with Gasteiger partial charge in [-0.2, -0.15) is 15.8 Å². The van der Waals surface area contributed by atoms with E-state index in [-0.39, 0.29) is 5.57 Å². The highest BCUT2D eigenvalue weighted by Gasteiger charge is 2.39. The Morgan fingerprint density at radius 1 is 1.54 bits per heavy atom. The Morgan fingerprint density at radius 3 is 2.46 bits per heavy atom. The van der Waals surface area contributed by atoms with Crippen molar-refractivity contribution in [1.29, 1.82) is 15.8 Å². The van der Waals surface area contributed by atoms with E-state index in [2.05, 4.69) is 6.07 Å². The second-order valence-corrected chi connectivity index (χ2v) is 3.05. The lowest BCUT2D eigenvalue weighted by Crippen LogP contribution is -2.26. The fraction of sp³-hybridized carbons (Fsp3) is 0.300. The Hall–Kier alpha value is -2.05. The first-order chi connectivity index (χ1) is 6.18. The third-order valence-electron chi connectivity index (χ3n) is 2.06. The van der Waals surface area contributed by atoms with Gasteiger partial charge in [0.25, 0.3) is 0 Å². The highest BCUT2D eigenvalue weighted by atomic mass is 14.4. The van der Waals surface area contributed by atoms with Crippen LogP contribution in [0, 0.1) is 39.4 Å². The monoisotopic (exact) mass is 169 g/mol. The zero-order valence-electron chi connectivity index (χ0n) is 7.20. The van der Waals surface area contributed by atoms with Gasteiger partial charge in [0.15, 0.2) is 0 Å². The first-order valence-corrected chi connectivity index (χ1v) is 3.78. The van der Waals surface area contributed by atoms with Gasteiger partial charge in [-0.05, 0) is 13.3 Å². The number of allylic oxidation sites excluding steroid dienone is 4. The fourth-order valence-corrected chi connectivity index (χ4v) is 1.46. The van der Waals surface area contributed by atoms with Gasteiger partial charge in [-0.25, -0.2) is 0 Å². The van der Waals surface area contributed by atoms with Crippen molar-refractivity contribution < 1.29 is 0 Å². The van der Waals surface area contributed by atoms with Gasteiger partial charge in [0, 0.05) is 6.08 Å². The Morgan fingerprint density at radius 2 is 2.15 bits per heavy atom. The van der Waals surface area contributed by atoms with Crippen molar-refractivity contribution in [1.82, 2.24) is 0 Å². The number of rotatable bonds is 1. The zero-order valence-corrected chi connectivity index (χ0v) is 7.20. The summed E-state index contributed by atoms with van der Waals surface area (Å²) in [4.78, 5) is 0. The van der Waals surface area contributed by atoms with Crippen molar-refractivity contribution >= 4 is 0 Å². The average Bonchev–Trinajstić information content (AvgIpc) is 2.09. The molecule has 3 heteroatoms. The highest BCUT2D eigenvalue weighted by Crippen LogP contribution is 2.43. The first kappa shape index (κ1) is 9.04. The lowest BCUT2D eigenvalue weighted by molar-refractivity contribution is 0.542. The quantitative estimate of drug-likeness (QED) is 0.444. The van der Waals surface area contributed by atoms with E-state index >= 15 is 0 Å². The van der Waals surface area contributed by atoms with E-state index in [0.29, 0.717) is 6.42 Å². The van der Waals surface area contributed by atoms with Crippen LogP contribution < -0.4 is 0 Å². The van der Waals surface area contributed by atoms with Gasteiger partial charge >= 0.3 is 0 Å². The second-order valence-electron chi connectivity index (χ2n) is 3.05. The van der Waals surface area contributed by atoms with E-state index < -0.39 is 5.41 Å². The molecule has 0 N–H and O–H groups in total. The van der Waals surface area contributed by atoms with E-state index in [9.17, 15) is 0 Å². The van der Waals surface area contributed by atoms with Gasteiger partial charge in [0.05, 0.1) is 23.8 Å². The molecule has 1 aliphatic carbocycles. The van der Waals surface area contributed by atoms with E-state index in [1.54, 1.807) is 12.1 Å². The molecule has 0 bridgehead atoms. The van der Waals surface area contributed by atoms with Crippen LogP contribution in [0.1, 0.15) is 13.3 Å². The molecule has 1 atom stereocenters. The standard InChI is InChI=1S/C10H7N3/c1-8-4-10(5-8,7-13)9(6-12)2-3-11/h2,4H,5H2,1H3. The molecule has 1 aliphatic rings. The molecule has 0 saturated carbocycles. The maximum Gasteiger partial charge on any atom is 0.115 e. The summed E-state index contributed by atoms with van der Waals surface area (Å²) < 4.78 is 0. The van der Waals surface area contributed by atoms with Crippen LogP contribution in [-0.2, 0) is 0 Å². The molecule has 0 aromatic carbocycles. The molecule has 0 aromatic rings. The fourth-order valence-electron chi connectivity index (χ4n) is 1.46. The molecule has 0 amide bonds. The van der Waals surface area contributed by atoms with Crippen LogP contribution in [0.15, 0.2) is 23.3 Å². The zero-order chi connectivity index (χ0) is 9.90. The number of hydrogen-bond donors (Lipinski definition) is 0. The smallest absolute Gasteiger partial charge is 0.115 e. The molecule has 62 valence electrons. The molecule has 0 aliphatic heterocycles. The minimum Gasteiger partial charge on any atom is -0.197 e. The van der Waals surface area contributed by atoms with Crippen LogP contribution in [-0.4, -0.2) is 0 Å². The average molecular weight is 169 g/mol. The summed E-state index contributed by atoms with van der Waals surface area (Å²) in [6, 6.07) is 5.73. The predicted molar refractivity (Wildman–Crippen MR) is 45.7 cm³/mol. The van der Waals surface area contributed by atoms with Gasteiger partial charge in [0.1, 0.15) is 5.41 Å². The number of nitriles is 3. The largest absolute Gasteiger partial charge is 0.197 e. The predicted octanol–water partition coefficient (Wildman–Crippen LogP) is 1.82. The molecule has 13 heavy (non-hydrogen) atoms. The molecule has 0 heterocycles. The summed E-state index contributed by atoms with van der Waals surface area (Å²) in [6.45, 7) is 1.90. The van der Waals surface area contributed by atoms with Gasteiger partial charge < -0.3 is 0 Å². The van der Waals surface area contributed by atoms with Gasteiger partial charge in [-0.15, -0.1) is 0 Å². The van der Waals surface area contributed by atoms with E-state index in [0.717, 1.165) is 11.6 Å². The molecule has 3 nitrogen and oxygen atoms in total. The summed E-state index contributed by atoms with van der Waals surface area (Å²) in [5.41, 5.74) is 0.498. The topological polar surface area (TPSA) is 71.4 Å². The Kier molecular flexibility index (Phi) is 2.18. The molecule has 0 spiro atoms. The highest BCUT2D eigenvalue weighted by molar-refractivity contribution is 5.49. The molecule has 0 aromatic heterocycles. The van der Waals surface area contributed by atoms with Crippen LogP contribution in [0.4, 0.5) is 0 Å². The van der Waals surface area contributed by atoms with E-state index in [4.69, 9.17) is 15.8 Å². The minimum atomic E-state index is -0.825. The van der Waals surface area contributed by atoms with Crippen LogP contribution in [0.3, 0.4) is 0 Å². The Labute approximate surface area is 76.8 Å². The molecule has 1 rings (SSSR count). The summed E-state index contributed by atoms with van der Waals surface area (Å²) in [6.07, 6.45) is 3.44. The number of hydrogen-bond acceptors (Lipinski definition) is 3. The molecular weight excluding hydrogens is 162 g/mol. The van der Waals surface area contributed by atoms with Gasteiger partial charge in [0.2, 0.25) is 0 Å². The molecule has 0 radical (unpaired) electrons. The van der Waals surface area contributed by atoms with Crippen molar-refractivity contribution in [2.24, 2.45) is 5.41 Å². The summed E-state index contributed by atoms with van der Waals surface area (Å²) >= 11 is 0.